The molecule has 1 aliphatic rings. The Morgan fingerprint density at radius 2 is 2.28 bits per heavy atom. The standard InChI is InChI=1S/C14H25N3O/c1-4-8-15-9-11-6-7-12(11)14-13(18-3)10-16-17(14)5-2/h10-12,15H,4-9H2,1-3H3. The van der Waals surface area contributed by atoms with Gasteiger partial charge in [-0.25, -0.2) is 0 Å². The zero-order valence-corrected chi connectivity index (χ0v) is 11.8. The van der Waals surface area contributed by atoms with Crippen LogP contribution in [0.25, 0.3) is 0 Å². The number of nitrogens with one attached hydrogen (secondary N) is 1. The minimum absolute atomic E-state index is 0.617. The Morgan fingerprint density at radius 3 is 2.83 bits per heavy atom. The van der Waals surface area contributed by atoms with Gasteiger partial charge in [-0.05, 0) is 45.2 Å². The predicted octanol–water partition coefficient (Wildman–Crippen LogP) is 2.40. The zero-order valence-electron chi connectivity index (χ0n) is 11.8. The van der Waals surface area contributed by atoms with Crippen molar-refractivity contribution in [2.24, 2.45) is 5.92 Å². The fraction of sp³-hybridized carbons (Fsp3) is 0.786. The maximum atomic E-state index is 5.45. The molecule has 1 aromatic heterocycles. The lowest BCUT2D eigenvalue weighted by atomic mass is 9.71. The summed E-state index contributed by atoms with van der Waals surface area (Å²) < 4.78 is 7.55. The van der Waals surface area contributed by atoms with Crippen LogP contribution in [-0.2, 0) is 6.54 Å². The Bertz CT molecular complexity index is 354. The average molecular weight is 251 g/mol. The number of aromatic nitrogens is 2. The molecule has 2 unspecified atom stereocenters. The van der Waals surface area contributed by atoms with Crippen LogP contribution in [0.2, 0.25) is 0 Å². The SMILES string of the molecule is CCCNCC1CCC1c1c(OC)cnn1CC. The van der Waals surface area contributed by atoms with Gasteiger partial charge in [0.2, 0.25) is 0 Å². The van der Waals surface area contributed by atoms with Crippen molar-refractivity contribution in [2.45, 2.75) is 45.6 Å². The first-order valence-electron chi connectivity index (χ1n) is 7.12. The van der Waals surface area contributed by atoms with Gasteiger partial charge >= 0.3 is 0 Å². The van der Waals surface area contributed by atoms with Gasteiger partial charge in [-0.3, -0.25) is 4.68 Å². The monoisotopic (exact) mass is 251 g/mol. The molecule has 0 aromatic carbocycles. The Balaban J connectivity index is 2.04. The maximum Gasteiger partial charge on any atom is 0.160 e. The molecule has 4 heteroatoms. The molecule has 0 saturated heterocycles. The molecule has 18 heavy (non-hydrogen) atoms. The fourth-order valence-corrected chi connectivity index (χ4v) is 2.80. The van der Waals surface area contributed by atoms with Crippen molar-refractivity contribution in [3.63, 3.8) is 0 Å². The molecule has 1 heterocycles. The molecule has 1 saturated carbocycles. The summed E-state index contributed by atoms with van der Waals surface area (Å²) in [5.41, 5.74) is 1.30. The topological polar surface area (TPSA) is 39.1 Å². The Morgan fingerprint density at radius 1 is 1.44 bits per heavy atom. The van der Waals surface area contributed by atoms with E-state index in [0.717, 1.165) is 31.3 Å². The molecule has 1 N–H and O–H groups in total. The summed E-state index contributed by atoms with van der Waals surface area (Å²) in [6, 6.07) is 0. The Kier molecular flexibility index (Phi) is 4.64. The highest BCUT2D eigenvalue weighted by Gasteiger charge is 2.36. The zero-order chi connectivity index (χ0) is 13.0. The van der Waals surface area contributed by atoms with Gasteiger partial charge in [-0.1, -0.05) is 6.92 Å². The molecule has 0 radical (unpaired) electrons. The predicted molar refractivity (Wildman–Crippen MR) is 73.1 cm³/mol. The van der Waals surface area contributed by atoms with Crippen molar-refractivity contribution in [2.75, 3.05) is 20.2 Å². The molecule has 2 rings (SSSR count). The van der Waals surface area contributed by atoms with Crippen molar-refractivity contribution in [1.29, 1.82) is 0 Å². The molecule has 0 amide bonds. The molecule has 1 aliphatic carbocycles. The third-order valence-electron chi connectivity index (χ3n) is 3.97. The quantitative estimate of drug-likeness (QED) is 0.756. The molecule has 0 spiro atoms. The lowest BCUT2D eigenvalue weighted by Crippen LogP contribution is -2.35. The van der Waals surface area contributed by atoms with E-state index in [2.05, 4.69) is 28.9 Å². The van der Waals surface area contributed by atoms with Crippen LogP contribution in [0.1, 0.15) is 44.7 Å². The van der Waals surface area contributed by atoms with Gasteiger partial charge in [0.25, 0.3) is 0 Å². The average Bonchev–Trinajstić information content (AvgIpc) is 2.76. The molecule has 4 nitrogen and oxygen atoms in total. The molecule has 1 aromatic rings. The summed E-state index contributed by atoms with van der Waals surface area (Å²) in [5, 5.41) is 7.94. The van der Waals surface area contributed by atoms with Crippen molar-refractivity contribution in [1.82, 2.24) is 15.1 Å². The van der Waals surface area contributed by atoms with Crippen molar-refractivity contribution >= 4 is 0 Å². The highest BCUT2D eigenvalue weighted by Crippen LogP contribution is 2.45. The largest absolute Gasteiger partial charge is 0.493 e. The second-order valence-electron chi connectivity index (χ2n) is 5.06. The smallest absolute Gasteiger partial charge is 0.160 e. The minimum Gasteiger partial charge on any atom is -0.493 e. The van der Waals surface area contributed by atoms with Crippen LogP contribution in [0, 0.1) is 5.92 Å². The van der Waals surface area contributed by atoms with Gasteiger partial charge in [0.15, 0.2) is 5.75 Å². The first-order chi connectivity index (χ1) is 8.81. The molecule has 0 bridgehead atoms. The van der Waals surface area contributed by atoms with Crippen LogP contribution in [0.3, 0.4) is 0 Å². The van der Waals surface area contributed by atoms with E-state index in [1.165, 1.54) is 25.0 Å². The van der Waals surface area contributed by atoms with Crippen LogP contribution in [0.15, 0.2) is 6.20 Å². The van der Waals surface area contributed by atoms with Gasteiger partial charge in [0, 0.05) is 12.5 Å². The van der Waals surface area contributed by atoms with E-state index < -0.39 is 0 Å². The second-order valence-corrected chi connectivity index (χ2v) is 5.06. The Hall–Kier alpha value is -1.03. The molecule has 102 valence electrons. The summed E-state index contributed by atoms with van der Waals surface area (Å²) in [7, 11) is 1.74. The summed E-state index contributed by atoms with van der Waals surface area (Å²) in [4.78, 5) is 0. The van der Waals surface area contributed by atoms with E-state index in [1.54, 1.807) is 7.11 Å². The molecule has 0 aliphatic heterocycles. The van der Waals surface area contributed by atoms with E-state index in [-0.39, 0.29) is 0 Å². The number of aryl methyl sites for hydroxylation is 1. The normalized spacial score (nSPS) is 22.8. The third kappa shape index (κ3) is 2.53. The van der Waals surface area contributed by atoms with Gasteiger partial charge in [-0.2, -0.15) is 5.10 Å². The number of ether oxygens (including phenoxy) is 1. The summed E-state index contributed by atoms with van der Waals surface area (Å²) in [5.74, 6) is 2.32. The first-order valence-corrected chi connectivity index (χ1v) is 7.12. The van der Waals surface area contributed by atoms with Crippen LogP contribution in [-0.4, -0.2) is 30.0 Å². The summed E-state index contributed by atoms with van der Waals surface area (Å²) in [6.07, 6.45) is 5.64. The van der Waals surface area contributed by atoms with E-state index in [4.69, 9.17) is 4.74 Å². The lowest BCUT2D eigenvalue weighted by molar-refractivity contribution is 0.228. The number of methoxy groups -OCH3 is 1. The molecule has 1 fully saturated rings. The van der Waals surface area contributed by atoms with E-state index in [9.17, 15) is 0 Å². The number of hydrogen-bond acceptors (Lipinski definition) is 3. The fourth-order valence-electron chi connectivity index (χ4n) is 2.80. The van der Waals surface area contributed by atoms with Gasteiger partial charge in [0.1, 0.15) is 0 Å². The molecular weight excluding hydrogens is 226 g/mol. The van der Waals surface area contributed by atoms with Crippen LogP contribution >= 0.6 is 0 Å². The molecular formula is C14H25N3O. The number of hydrogen-bond donors (Lipinski definition) is 1. The van der Waals surface area contributed by atoms with Gasteiger partial charge in [-0.15, -0.1) is 0 Å². The van der Waals surface area contributed by atoms with Gasteiger partial charge < -0.3 is 10.1 Å². The van der Waals surface area contributed by atoms with Crippen LogP contribution < -0.4 is 10.1 Å². The summed E-state index contributed by atoms with van der Waals surface area (Å²) in [6.45, 7) is 7.51. The van der Waals surface area contributed by atoms with E-state index in [0.29, 0.717) is 5.92 Å². The number of nitrogens with zero attached hydrogens (tertiary/aromatic N) is 2. The van der Waals surface area contributed by atoms with Crippen LogP contribution in [0.4, 0.5) is 0 Å². The number of rotatable bonds is 7. The van der Waals surface area contributed by atoms with E-state index >= 15 is 0 Å². The maximum absolute atomic E-state index is 5.45. The van der Waals surface area contributed by atoms with Crippen molar-refractivity contribution < 1.29 is 4.74 Å². The minimum atomic E-state index is 0.617. The third-order valence-corrected chi connectivity index (χ3v) is 3.97. The van der Waals surface area contributed by atoms with Crippen molar-refractivity contribution in [3.05, 3.63) is 11.9 Å². The van der Waals surface area contributed by atoms with Crippen molar-refractivity contribution in [3.8, 4) is 5.75 Å². The second kappa shape index (κ2) is 6.23. The Labute approximate surface area is 110 Å². The lowest BCUT2D eigenvalue weighted by Gasteiger charge is -2.37. The highest BCUT2D eigenvalue weighted by atomic mass is 16.5. The molecule has 2 atom stereocenters. The van der Waals surface area contributed by atoms with Gasteiger partial charge in [0.05, 0.1) is 19.0 Å². The van der Waals surface area contributed by atoms with Crippen LogP contribution in [0.5, 0.6) is 5.75 Å². The summed E-state index contributed by atoms with van der Waals surface area (Å²) >= 11 is 0. The highest BCUT2D eigenvalue weighted by molar-refractivity contribution is 5.31. The van der Waals surface area contributed by atoms with E-state index in [1.807, 2.05) is 6.20 Å². The first kappa shape index (κ1) is 13.4.